The fourth-order valence-electron chi connectivity index (χ4n) is 3.79. The van der Waals surface area contributed by atoms with Gasteiger partial charge in [-0.15, -0.1) is 0 Å². The highest BCUT2D eigenvalue weighted by molar-refractivity contribution is 7.91. The molecule has 148 valence electrons. The van der Waals surface area contributed by atoms with Gasteiger partial charge in [-0.1, -0.05) is 12.1 Å². The minimum absolute atomic E-state index is 0.0155. The van der Waals surface area contributed by atoms with E-state index in [9.17, 15) is 18.0 Å². The number of carbonyl (C=O) groups excluding carboxylic acids is 2. The molecular formula is C19H26N2O5S. The van der Waals surface area contributed by atoms with E-state index in [0.29, 0.717) is 26.1 Å². The molecule has 0 aromatic heterocycles. The number of sulfone groups is 1. The summed E-state index contributed by atoms with van der Waals surface area (Å²) in [6.07, 6.45) is 0.625. The molecule has 27 heavy (non-hydrogen) atoms. The molecule has 2 heterocycles. The number of ether oxygens (including phenoxy) is 1. The fourth-order valence-corrected chi connectivity index (χ4v) is 5.52. The summed E-state index contributed by atoms with van der Waals surface area (Å²) in [5, 5.41) is 0. The number of likely N-dealkylation sites (tertiary alicyclic amines) is 1. The molecule has 2 amide bonds. The monoisotopic (exact) mass is 394 g/mol. The van der Waals surface area contributed by atoms with Gasteiger partial charge < -0.3 is 14.5 Å². The third-order valence-electron chi connectivity index (χ3n) is 5.19. The Kier molecular flexibility index (Phi) is 5.74. The maximum Gasteiger partial charge on any atom is 0.228 e. The van der Waals surface area contributed by atoms with Crippen LogP contribution in [0.15, 0.2) is 24.3 Å². The van der Waals surface area contributed by atoms with Crippen molar-refractivity contribution in [3.8, 4) is 5.75 Å². The lowest BCUT2D eigenvalue weighted by Crippen LogP contribution is -2.39. The molecule has 0 radical (unpaired) electrons. The van der Waals surface area contributed by atoms with Gasteiger partial charge in [-0.2, -0.15) is 0 Å². The number of carbonyl (C=O) groups is 2. The molecule has 2 atom stereocenters. The Bertz CT molecular complexity index is 806. The van der Waals surface area contributed by atoms with Crippen LogP contribution < -0.4 is 4.74 Å². The zero-order chi connectivity index (χ0) is 19.6. The highest BCUT2D eigenvalue weighted by atomic mass is 32.2. The Balaban J connectivity index is 1.58. The number of hydrogen-bond donors (Lipinski definition) is 0. The maximum absolute atomic E-state index is 12.8. The number of hydrogen-bond acceptors (Lipinski definition) is 5. The average molecular weight is 394 g/mol. The van der Waals surface area contributed by atoms with Gasteiger partial charge in [0.25, 0.3) is 0 Å². The van der Waals surface area contributed by atoms with Gasteiger partial charge in [-0.05, 0) is 31.0 Å². The van der Waals surface area contributed by atoms with E-state index in [4.69, 9.17) is 4.74 Å². The van der Waals surface area contributed by atoms with Gasteiger partial charge in [0.05, 0.1) is 24.0 Å². The largest absolute Gasteiger partial charge is 0.494 e. The molecule has 0 aliphatic carbocycles. The van der Waals surface area contributed by atoms with Crippen LogP contribution in [0.4, 0.5) is 0 Å². The molecule has 2 fully saturated rings. The van der Waals surface area contributed by atoms with Gasteiger partial charge >= 0.3 is 0 Å². The molecule has 0 spiro atoms. The van der Waals surface area contributed by atoms with Gasteiger partial charge in [0.2, 0.25) is 11.8 Å². The lowest BCUT2D eigenvalue weighted by molar-refractivity contribution is -0.135. The van der Waals surface area contributed by atoms with E-state index in [0.717, 1.165) is 11.3 Å². The van der Waals surface area contributed by atoms with E-state index in [1.54, 1.807) is 16.8 Å². The third-order valence-corrected chi connectivity index (χ3v) is 6.94. The van der Waals surface area contributed by atoms with E-state index in [1.807, 2.05) is 31.2 Å². The van der Waals surface area contributed by atoms with Gasteiger partial charge in [0, 0.05) is 32.6 Å². The second-order valence-corrected chi connectivity index (χ2v) is 9.50. The van der Waals surface area contributed by atoms with E-state index in [1.165, 1.54) is 0 Å². The standard InChI is InChI=1S/C19H26N2O5S/c1-3-26-17-6-4-14(5-7-17)11-20(2)19(23)15-10-18(22)21(12-15)16-8-9-27(24,25)13-16/h4-7,15-16H,3,8-13H2,1-2H3/t15-,16+/m1/s1. The van der Waals surface area contributed by atoms with E-state index < -0.39 is 15.8 Å². The quantitative estimate of drug-likeness (QED) is 0.721. The second-order valence-electron chi connectivity index (χ2n) is 7.28. The van der Waals surface area contributed by atoms with Crippen molar-refractivity contribution in [1.29, 1.82) is 0 Å². The lowest BCUT2D eigenvalue weighted by Gasteiger charge is -2.24. The van der Waals surface area contributed by atoms with Crippen LogP contribution in [0.3, 0.4) is 0 Å². The molecule has 3 rings (SSSR count). The van der Waals surface area contributed by atoms with Crippen molar-refractivity contribution < 1.29 is 22.7 Å². The first-order valence-electron chi connectivity index (χ1n) is 9.25. The minimum atomic E-state index is -3.06. The molecule has 0 bridgehead atoms. The highest BCUT2D eigenvalue weighted by Gasteiger charge is 2.42. The van der Waals surface area contributed by atoms with Gasteiger partial charge in [0.1, 0.15) is 5.75 Å². The molecule has 1 aromatic carbocycles. The Morgan fingerprint density at radius 3 is 2.59 bits per heavy atom. The summed E-state index contributed by atoms with van der Waals surface area (Å²) in [5.41, 5.74) is 0.984. The number of rotatable bonds is 6. The third kappa shape index (κ3) is 4.61. The van der Waals surface area contributed by atoms with E-state index in [-0.39, 0.29) is 35.8 Å². The minimum Gasteiger partial charge on any atom is -0.494 e. The average Bonchev–Trinajstić information content (AvgIpc) is 3.18. The Hall–Kier alpha value is -2.09. The Morgan fingerprint density at radius 2 is 2.00 bits per heavy atom. The van der Waals surface area contributed by atoms with Crippen molar-refractivity contribution in [1.82, 2.24) is 9.80 Å². The summed E-state index contributed by atoms with van der Waals surface area (Å²) < 4.78 is 28.8. The van der Waals surface area contributed by atoms with E-state index in [2.05, 4.69) is 0 Å². The van der Waals surface area contributed by atoms with Gasteiger partial charge in [-0.3, -0.25) is 9.59 Å². The van der Waals surface area contributed by atoms with Crippen molar-refractivity contribution in [2.24, 2.45) is 5.92 Å². The normalized spacial score (nSPS) is 24.2. The maximum atomic E-state index is 12.8. The van der Waals surface area contributed by atoms with Crippen molar-refractivity contribution in [3.63, 3.8) is 0 Å². The van der Waals surface area contributed by atoms with Crippen LogP contribution in [-0.4, -0.2) is 67.8 Å². The molecule has 0 unspecified atom stereocenters. The lowest BCUT2D eigenvalue weighted by atomic mass is 10.1. The fraction of sp³-hybridized carbons (Fsp3) is 0.579. The van der Waals surface area contributed by atoms with E-state index >= 15 is 0 Å². The summed E-state index contributed by atoms with van der Waals surface area (Å²) >= 11 is 0. The summed E-state index contributed by atoms with van der Waals surface area (Å²) in [6.45, 7) is 3.29. The summed E-state index contributed by atoms with van der Waals surface area (Å²) in [5.74, 6) is 0.317. The van der Waals surface area contributed by atoms with Crippen LogP contribution in [0.1, 0.15) is 25.3 Å². The highest BCUT2D eigenvalue weighted by Crippen LogP contribution is 2.27. The number of nitrogens with zero attached hydrogens (tertiary/aromatic N) is 2. The first kappa shape index (κ1) is 19.7. The molecular weight excluding hydrogens is 368 g/mol. The van der Waals surface area contributed by atoms with Crippen LogP contribution in [0, 0.1) is 5.92 Å². The molecule has 2 aliphatic heterocycles. The van der Waals surface area contributed by atoms with Crippen LogP contribution >= 0.6 is 0 Å². The number of benzene rings is 1. The van der Waals surface area contributed by atoms with Crippen LogP contribution in [0.2, 0.25) is 0 Å². The smallest absolute Gasteiger partial charge is 0.228 e. The zero-order valence-electron chi connectivity index (χ0n) is 15.8. The van der Waals surface area contributed by atoms with Crippen molar-refractivity contribution in [2.45, 2.75) is 32.4 Å². The van der Waals surface area contributed by atoms with Crippen molar-refractivity contribution >= 4 is 21.7 Å². The molecule has 8 heteroatoms. The molecule has 0 N–H and O–H groups in total. The van der Waals surface area contributed by atoms with Crippen LogP contribution in [0.25, 0.3) is 0 Å². The summed E-state index contributed by atoms with van der Waals surface area (Å²) in [6, 6.07) is 7.31. The second kappa shape index (κ2) is 7.88. The summed E-state index contributed by atoms with van der Waals surface area (Å²) in [7, 11) is -1.33. The molecule has 7 nitrogen and oxygen atoms in total. The molecule has 1 aromatic rings. The van der Waals surface area contributed by atoms with Gasteiger partial charge in [0.15, 0.2) is 9.84 Å². The predicted molar refractivity (Wildman–Crippen MR) is 101 cm³/mol. The van der Waals surface area contributed by atoms with Crippen LogP contribution in [0.5, 0.6) is 5.75 Å². The topological polar surface area (TPSA) is 84.0 Å². The predicted octanol–water partition coefficient (Wildman–Crippen LogP) is 1.08. The molecule has 0 saturated carbocycles. The zero-order valence-corrected chi connectivity index (χ0v) is 16.6. The van der Waals surface area contributed by atoms with Crippen molar-refractivity contribution in [3.05, 3.63) is 29.8 Å². The first-order valence-corrected chi connectivity index (χ1v) is 11.1. The van der Waals surface area contributed by atoms with Crippen LogP contribution in [-0.2, 0) is 26.0 Å². The summed E-state index contributed by atoms with van der Waals surface area (Å²) in [4.78, 5) is 28.3. The van der Waals surface area contributed by atoms with Gasteiger partial charge in [-0.25, -0.2) is 8.42 Å². The first-order chi connectivity index (χ1) is 12.8. The SMILES string of the molecule is CCOc1ccc(CN(C)C(=O)[C@@H]2CC(=O)N([C@H]3CCS(=O)(=O)C3)C2)cc1. The number of amides is 2. The van der Waals surface area contributed by atoms with Crippen molar-refractivity contribution in [2.75, 3.05) is 31.7 Å². The Labute approximate surface area is 160 Å². The Morgan fingerprint density at radius 1 is 1.30 bits per heavy atom. The molecule has 2 saturated heterocycles. The molecule has 2 aliphatic rings.